The average Bonchev–Trinajstić information content (AvgIpc) is 2.99. The van der Waals surface area contributed by atoms with Gasteiger partial charge in [0.1, 0.15) is 5.75 Å². The van der Waals surface area contributed by atoms with Crippen LogP contribution >= 0.6 is 15.9 Å². The van der Waals surface area contributed by atoms with E-state index in [0.717, 1.165) is 54.9 Å². The highest BCUT2D eigenvalue weighted by Crippen LogP contribution is 2.37. The van der Waals surface area contributed by atoms with E-state index in [4.69, 9.17) is 9.16 Å². The Hall–Kier alpha value is -2.45. The fourth-order valence-corrected chi connectivity index (χ4v) is 6.68. The lowest BCUT2D eigenvalue weighted by Gasteiger charge is -2.36. The predicted octanol–water partition coefficient (Wildman–Crippen LogP) is 8.41. The Labute approximate surface area is 268 Å². The second-order valence-electron chi connectivity index (χ2n) is 13.4. The molecule has 1 saturated heterocycles. The lowest BCUT2D eigenvalue weighted by atomic mass is 9.90. The number of carbonyl (C=O) groups excluding carboxylic acids is 1. The molecule has 0 atom stereocenters. The molecule has 232 valence electrons. The fourth-order valence-electron chi connectivity index (χ4n) is 5.31. The van der Waals surface area contributed by atoms with Crippen LogP contribution in [-0.4, -0.2) is 45.9 Å². The number of benzene rings is 3. The molecular weight excluding hydrogens is 616 g/mol. The molecule has 0 radical (unpaired) electrons. The first-order valence-corrected chi connectivity index (χ1v) is 19.3. The minimum atomic E-state index is -1.81. The highest BCUT2D eigenvalue weighted by atomic mass is 79.9. The van der Waals surface area contributed by atoms with Crippen molar-refractivity contribution in [1.29, 1.82) is 0 Å². The largest absolute Gasteiger partial charge is 0.497 e. The highest BCUT2D eigenvalue weighted by molar-refractivity contribution is 9.10. The topological polar surface area (TPSA) is 50.8 Å². The first-order valence-electron chi connectivity index (χ1n) is 15.6. The van der Waals surface area contributed by atoms with Gasteiger partial charge in [-0.2, -0.15) is 0 Å². The van der Waals surface area contributed by atoms with E-state index >= 15 is 0 Å². The number of nitrogens with one attached hydrogen (secondary N) is 1. The van der Waals surface area contributed by atoms with Crippen molar-refractivity contribution in [1.82, 2.24) is 10.2 Å². The van der Waals surface area contributed by atoms with E-state index in [1.54, 1.807) is 7.11 Å². The van der Waals surface area contributed by atoms with Crippen LogP contribution in [0.5, 0.6) is 5.75 Å². The lowest BCUT2D eigenvalue weighted by molar-refractivity contribution is 0.0950. The smallest absolute Gasteiger partial charge is 0.251 e. The normalized spacial score (nSPS) is 15.0. The minimum absolute atomic E-state index is 0.0331. The van der Waals surface area contributed by atoms with Crippen molar-refractivity contribution in [3.05, 3.63) is 99.0 Å². The van der Waals surface area contributed by atoms with Gasteiger partial charge in [-0.15, -0.1) is 0 Å². The van der Waals surface area contributed by atoms with Gasteiger partial charge in [-0.05, 0) is 115 Å². The molecule has 1 N–H and O–H groups in total. The molecule has 4 rings (SSSR count). The van der Waals surface area contributed by atoms with E-state index in [-0.39, 0.29) is 10.9 Å². The van der Waals surface area contributed by atoms with Crippen LogP contribution in [0.1, 0.15) is 66.2 Å². The summed E-state index contributed by atoms with van der Waals surface area (Å²) < 4.78 is 13.0. The number of carbonyl (C=O) groups is 1. The lowest BCUT2D eigenvalue weighted by Crippen LogP contribution is -2.40. The summed E-state index contributed by atoms with van der Waals surface area (Å²) in [5.41, 5.74) is 5.49. The van der Waals surface area contributed by atoms with Crippen molar-refractivity contribution >= 4 is 30.2 Å². The van der Waals surface area contributed by atoms with Gasteiger partial charge >= 0.3 is 0 Å². The van der Waals surface area contributed by atoms with Crippen molar-refractivity contribution in [3.8, 4) is 5.75 Å². The number of hydrogen-bond donors (Lipinski definition) is 1. The zero-order valence-corrected chi connectivity index (χ0v) is 29.4. The first-order chi connectivity index (χ1) is 20.4. The van der Waals surface area contributed by atoms with Gasteiger partial charge in [-0.1, -0.05) is 73.1 Å². The Morgan fingerprint density at radius 2 is 1.67 bits per heavy atom. The zero-order chi connectivity index (χ0) is 31.0. The molecular formula is C36H49BrN2O3Si. The molecule has 1 fully saturated rings. The molecule has 7 heteroatoms. The number of hydrogen-bond acceptors (Lipinski definition) is 4. The molecule has 1 aliphatic rings. The second-order valence-corrected chi connectivity index (χ2v) is 19.1. The van der Waals surface area contributed by atoms with Crippen molar-refractivity contribution in [2.45, 2.75) is 77.7 Å². The molecule has 1 aliphatic heterocycles. The van der Waals surface area contributed by atoms with Gasteiger partial charge in [-0.3, -0.25) is 4.79 Å². The van der Waals surface area contributed by atoms with Crippen LogP contribution in [0.3, 0.4) is 0 Å². The van der Waals surface area contributed by atoms with Gasteiger partial charge in [0.15, 0.2) is 8.32 Å². The molecule has 0 bridgehead atoms. The third kappa shape index (κ3) is 9.77. The molecule has 5 nitrogen and oxygen atoms in total. The van der Waals surface area contributed by atoms with Crippen molar-refractivity contribution in [3.63, 3.8) is 0 Å². The Morgan fingerprint density at radius 3 is 2.40 bits per heavy atom. The van der Waals surface area contributed by atoms with Crippen LogP contribution < -0.4 is 10.1 Å². The van der Waals surface area contributed by atoms with Gasteiger partial charge in [-0.25, -0.2) is 0 Å². The van der Waals surface area contributed by atoms with E-state index in [1.165, 1.54) is 28.4 Å². The SMILES string of the molecule is COc1ccc(Br)c(CC2CCN(CCc3cccc(C(=O)NCc4cccc(CO[Si](C)(C)C(C)(C)C)c4)c3)CC2)c1. The Kier molecular flexibility index (Phi) is 11.7. The van der Waals surface area contributed by atoms with Crippen LogP contribution in [0.4, 0.5) is 0 Å². The summed E-state index contributed by atoms with van der Waals surface area (Å²) in [7, 11) is -0.0873. The molecule has 3 aromatic rings. The number of rotatable bonds is 12. The molecule has 0 unspecified atom stereocenters. The summed E-state index contributed by atoms with van der Waals surface area (Å²) >= 11 is 3.71. The average molecular weight is 666 g/mol. The second kappa shape index (κ2) is 15.0. The van der Waals surface area contributed by atoms with Gasteiger partial charge in [0.2, 0.25) is 0 Å². The number of nitrogens with zero attached hydrogens (tertiary/aromatic N) is 1. The molecule has 1 heterocycles. The van der Waals surface area contributed by atoms with E-state index in [9.17, 15) is 4.79 Å². The van der Waals surface area contributed by atoms with E-state index in [1.807, 2.05) is 30.3 Å². The van der Waals surface area contributed by atoms with Crippen LogP contribution in [0, 0.1) is 5.92 Å². The quantitative estimate of drug-likeness (QED) is 0.198. The fraction of sp³-hybridized carbons (Fsp3) is 0.472. The molecule has 3 aromatic carbocycles. The predicted molar refractivity (Wildman–Crippen MR) is 183 cm³/mol. The number of amides is 1. The Bertz CT molecular complexity index is 1360. The van der Waals surface area contributed by atoms with Crippen molar-refractivity contribution in [2.24, 2.45) is 5.92 Å². The summed E-state index contributed by atoms with van der Waals surface area (Å²) in [5.74, 6) is 1.58. The van der Waals surface area contributed by atoms with Crippen LogP contribution in [-0.2, 0) is 30.4 Å². The number of halogens is 1. The molecule has 0 aromatic heterocycles. The third-order valence-corrected chi connectivity index (χ3v) is 14.5. The van der Waals surface area contributed by atoms with E-state index in [0.29, 0.717) is 19.1 Å². The molecule has 0 aliphatic carbocycles. The van der Waals surface area contributed by atoms with Gasteiger partial charge < -0.3 is 19.4 Å². The minimum Gasteiger partial charge on any atom is -0.497 e. The maximum Gasteiger partial charge on any atom is 0.251 e. The number of ether oxygens (including phenoxy) is 1. The van der Waals surface area contributed by atoms with Gasteiger partial charge in [0, 0.05) is 23.1 Å². The Balaban J connectivity index is 1.22. The van der Waals surface area contributed by atoms with Crippen molar-refractivity contribution < 1.29 is 14.0 Å². The van der Waals surface area contributed by atoms with Crippen molar-refractivity contribution in [2.75, 3.05) is 26.7 Å². The summed E-state index contributed by atoms with van der Waals surface area (Å²) in [4.78, 5) is 15.6. The summed E-state index contributed by atoms with van der Waals surface area (Å²) in [6, 6.07) is 22.7. The summed E-state index contributed by atoms with van der Waals surface area (Å²) in [6.07, 6.45) is 4.44. The van der Waals surface area contributed by atoms with Gasteiger partial charge in [0.05, 0.1) is 13.7 Å². The number of likely N-dealkylation sites (tertiary alicyclic amines) is 1. The monoisotopic (exact) mass is 664 g/mol. The van der Waals surface area contributed by atoms with Crippen LogP contribution in [0.15, 0.2) is 71.2 Å². The summed E-state index contributed by atoms with van der Waals surface area (Å²) in [5, 5.41) is 3.30. The van der Waals surface area contributed by atoms with Crippen LogP contribution in [0.25, 0.3) is 0 Å². The standard InChI is InChI=1S/C36H49BrN2O3Si/c1-36(2,3)43(5,6)42-26-30-11-7-10-29(21-30)25-38-35(40)31-12-8-9-27(22-31)15-18-39-19-16-28(17-20-39)23-32-24-33(41-4)13-14-34(32)37/h7-14,21-22,24,28H,15-20,23,25-26H2,1-6H3,(H,38,40). The number of piperidine rings is 1. The van der Waals surface area contributed by atoms with E-state index < -0.39 is 8.32 Å². The molecule has 0 saturated carbocycles. The molecule has 1 amide bonds. The third-order valence-electron chi connectivity index (χ3n) is 9.22. The summed E-state index contributed by atoms with van der Waals surface area (Å²) in [6.45, 7) is 15.7. The van der Waals surface area contributed by atoms with E-state index in [2.05, 4.69) is 96.4 Å². The molecule has 0 spiro atoms. The molecule has 43 heavy (non-hydrogen) atoms. The first kappa shape index (κ1) is 33.4. The Morgan fingerprint density at radius 1 is 0.977 bits per heavy atom. The zero-order valence-electron chi connectivity index (χ0n) is 26.8. The maximum atomic E-state index is 13.0. The van der Waals surface area contributed by atoms with Gasteiger partial charge in [0.25, 0.3) is 5.91 Å². The maximum absolute atomic E-state index is 13.0. The highest BCUT2D eigenvalue weighted by Gasteiger charge is 2.37. The van der Waals surface area contributed by atoms with Crippen LogP contribution in [0.2, 0.25) is 18.1 Å². The number of methoxy groups -OCH3 is 1.